The Bertz CT molecular complexity index is 370. The first-order valence-corrected chi connectivity index (χ1v) is 4.30. The number of nitrogens with two attached hydrogens (primary N) is 1. The van der Waals surface area contributed by atoms with Crippen LogP contribution in [0.3, 0.4) is 0 Å². The lowest BCUT2D eigenvalue weighted by molar-refractivity contribution is 0.0354. The molecule has 0 bridgehead atoms. The summed E-state index contributed by atoms with van der Waals surface area (Å²) >= 11 is 0. The van der Waals surface area contributed by atoms with Gasteiger partial charge in [-0.25, -0.2) is 9.59 Å². The van der Waals surface area contributed by atoms with E-state index in [1.165, 1.54) is 31.2 Å². The van der Waals surface area contributed by atoms with E-state index in [9.17, 15) is 9.59 Å². The van der Waals surface area contributed by atoms with Crippen LogP contribution in [0.15, 0.2) is 24.3 Å². The molecule has 0 spiro atoms. The van der Waals surface area contributed by atoms with Crippen LogP contribution in [0.5, 0.6) is 0 Å². The number of carboxylic acid groups (broad SMARTS) is 1. The van der Waals surface area contributed by atoms with Gasteiger partial charge in [0.25, 0.3) is 0 Å². The standard InChI is InChI=1S/C10H11NO4/c1-6(11)15-10(14)8-4-2-7(3-5-8)9(12)13/h2-6H,11H2,1H3,(H,12,13). The number of hydrogen-bond acceptors (Lipinski definition) is 4. The molecule has 1 unspecified atom stereocenters. The van der Waals surface area contributed by atoms with Crippen molar-refractivity contribution < 1.29 is 19.4 Å². The molecule has 0 saturated carbocycles. The molecule has 1 aromatic carbocycles. The van der Waals surface area contributed by atoms with E-state index < -0.39 is 18.2 Å². The lowest BCUT2D eigenvalue weighted by Crippen LogP contribution is -2.23. The van der Waals surface area contributed by atoms with Gasteiger partial charge in [-0.3, -0.25) is 5.73 Å². The van der Waals surface area contributed by atoms with Gasteiger partial charge in [-0.2, -0.15) is 0 Å². The number of aromatic carboxylic acids is 1. The molecule has 15 heavy (non-hydrogen) atoms. The Hall–Kier alpha value is -1.88. The Morgan fingerprint density at radius 2 is 1.73 bits per heavy atom. The van der Waals surface area contributed by atoms with Crippen LogP contribution in [0.25, 0.3) is 0 Å². The predicted octanol–water partition coefficient (Wildman–Crippen LogP) is 0.846. The predicted molar refractivity (Wildman–Crippen MR) is 52.5 cm³/mol. The minimum Gasteiger partial charge on any atom is -0.478 e. The van der Waals surface area contributed by atoms with Gasteiger partial charge in [0.1, 0.15) is 6.23 Å². The maximum atomic E-state index is 11.3. The third-order valence-electron chi connectivity index (χ3n) is 1.66. The lowest BCUT2D eigenvalue weighted by atomic mass is 10.1. The van der Waals surface area contributed by atoms with Crippen LogP contribution < -0.4 is 5.73 Å². The number of carboxylic acids is 1. The van der Waals surface area contributed by atoms with Gasteiger partial charge < -0.3 is 9.84 Å². The minimum atomic E-state index is -1.04. The van der Waals surface area contributed by atoms with Gasteiger partial charge in [0, 0.05) is 0 Å². The molecule has 0 aliphatic carbocycles. The van der Waals surface area contributed by atoms with Gasteiger partial charge in [0.2, 0.25) is 0 Å². The van der Waals surface area contributed by atoms with Crippen molar-refractivity contribution in [3.63, 3.8) is 0 Å². The first-order chi connectivity index (χ1) is 7.00. The van der Waals surface area contributed by atoms with Gasteiger partial charge in [-0.05, 0) is 31.2 Å². The Morgan fingerprint density at radius 1 is 1.27 bits per heavy atom. The van der Waals surface area contributed by atoms with E-state index in [1.54, 1.807) is 0 Å². The molecule has 5 heteroatoms. The average Bonchev–Trinajstić information content (AvgIpc) is 2.17. The van der Waals surface area contributed by atoms with E-state index in [1.807, 2.05) is 0 Å². The number of carbonyl (C=O) groups excluding carboxylic acids is 1. The van der Waals surface area contributed by atoms with Crippen molar-refractivity contribution in [3.05, 3.63) is 35.4 Å². The van der Waals surface area contributed by atoms with Crippen molar-refractivity contribution in [1.29, 1.82) is 0 Å². The van der Waals surface area contributed by atoms with Crippen molar-refractivity contribution in [1.82, 2.24) is 0 Å². The second kappa shape index (κ2) is 4.56. The van der Waals surface area contributed by atoms with Gasteiger partial charge in [0.05, 0.1) is 11.1 Å². The minimum absolute atomic E-state index is 0.118. The van der Waals surface area contributed by atoms with Gasteiger partial charge in [-0.15, -0.1) is 0 Å². The van der Waals surface area contributed by atoms with Gasteiger partial charge in [-0.1, -0.05) is 0 Å². The van der Waals surface area contributed by atoms with Gasteiger partial charge >= 0.3 is 11.9 Å². The normalized spacial score (nSPS) is 11.9. The molecule has 3 N–H and O–H groups in total. The lowest BCUT2D eigenvalue weighted by Gasteiger charge is -2.07. The first kappa shape index (κ1) is 11.2. The number of benzene rings is 1. The van der Waals surface area contributed by atoms with Crippen LogP contribution in [0, 0.1) is 0 Å². The summed E-state index contributed by atoms with van der Waals surface area (Å²) in [6.07, 6.45) is -0.684. The molecular weight excluding hydrogens is 198 g/mol. The maximum Gasteiger partial charge on any atom is 0.339 e. The number of rotatable bonds is 3. The molecule has 1 rings (SSSR count). The summed E-state index contributed by atoms with van der Waals surface area (Å²) < 4.78 is 4.73. The summed E-state index contributed by atoms with van der Waals surface area (Å²) in [5, 5.41) is 8.62. The van der Waals surface area contributed by atoms with Crippen LogP contribution in [0.4, 0.5) is 0 Å². The third kappa shape index (κ3) is 3.07. The Balaban J connectivity index is 2.80. The molecule has 0 aromatic heterocycles. The van der Waals surface area contributed by atoms with Crippen molar-refractivity contribution >= 4 is 11.9 Å². The molecule has 80 valence electrons. The Morgan fingerprint density at radius 3 is 2.13 bits per heavy atom. The van der Waals surface area contributed by atoms with E-state index in [4.69, 9.17) is 15.6 Å². The molecule has 0 heterocycles. The zero-order valence-corrected chi connectivity index (χ0v) is 8.14. The molecule has 0 radical (unpaired) electrons. The fraction of sp³-hybridized carbons (Fsp3) is 0.200. The highest BCUT2D eigenvalue weighted by atomic mass is 16.6. The van der Waals surface area contributed by atoms with Crippen molar-refractivity contribution in [2.75, 3.05) is 0 Å². The maximum absolute atomic E-state index is 11.3. The van der Waals surface area contributed by atoms with Crippen LogP contribution >= 0.6 is 0 Å². The van der Waals surface area contributed by atoms with Crippen molar-refractivity contribution in [3.8, 4) is 0 Å². The largest absolute Gasteiger partial charge is 0.478 e. The molecular formula is C10H11NO4. The summed E-state index contributed by atoms with van der Waals surface area (Å²) in [4.78, 5) is 21.8. The van der Waals surface area contributed by atoms with Crippen LogP contribution in [-0.4, -0.2) is 23.3 Å². The molecule has 1 aromatic rings. The summed E-state index contributed by atoms with van der Waals surface area (Å²) in [6.45, 7) is 1.53. The van der Waals surface area contributed by atoms with Crippen LogP contribution in [-0.2, 0) is 4.74 Å². The second-order valence-corrected chi connectivity index (χ2v) is 2.99. The van der Waals surface area contributed by atoms with E-state index in [-0.39, 0.29) is 11.1 Å². The van der Waals surface area contributed by atoms with E-state index in [2.05, 4.69) is 0 Å². The molecule has 1 atom stereocenters. The second-order valence-electron chi connectivity index (χ2n) is 2.99. The highest BCUT2D eigenvalue weighted by molar-refractivity contribution is 5.92. The number of esters is 1. The number of carbonyl (C=O) groups is 2. The highest BCUT2D eigenvalue weighted by Crippen LogP contribution is 2.06. The fourth-order valence-corrected chi connectivity index (χ4v) is 0.986. The van der Waals surface area contributed by atoms with E-state index in [0.29, 0.717) is 0 Å². The summed E-state index contributed by atoms with van der Waals surface area (Å²) in [5.41, 5.74) is 5.66. The fourth-order valence-electron chi connectivity index (χ4n) is 0.986. The van der Waals surface area contributed by atoms with E-state index >= 15 is 0 Å². The first-order valence-electron chi connectivity index (χ1n) is 4.30. The summed E-state index contributed by atoms with van der Waals surface area (Å²) in [5.74, 6) is -1.61. The summed E-state index contributed by atoms with van der Waals surface area (Å²) in [6, 6.07) is 5.43. The number of ether oxygens (including phenoxy) is 1. The molecule has 0 aliphatic heterocycles. The van der Waals surface area contributed by atoms with Crippen LogP contribution in [0.2, 0.25) is 0 Å². The van der Waals surface area contributed by atoms with Crippen molar-refractivity contribution in [2.24, 2.45) is 5.73 Å². The topological polar surface area (TPSA) is 89.6 Å². The Labute approximate surface area is 86.5 Å². The highest BCUT2D eigenvalue weighted by Gasteiger charge is 2.10. The molecule has 0 amide bonds. The molecule has 0 aliphatic rings. The SMILES string of the molecule is CC(N)OC(=O)c1ccc(C(=O)O)cc1. The van der Waals surface area contributed by atoms with E-state index in [0.717, 1.165) is 0 Å². The van der Waals surface area contributed by atoms with Crippen LogP contribution in [0.1, 0.15) is 27.6 Å². The molecule has 5 nitrogen and oxygen atoms in total. The van der Waals surface area contributed by atoms with Crippen molar-refractivity contribution in [2.45, 2.75) is 13.2 Å². The zero-order chi connectivity index (χ0) is 11.4. The average molecular weight is 209 g/mol. The molecule has 0 fully saturated rings. The quantitative estimate of drug-likeness (QED) is 0.568. The smallest absolute Gasteiger partial charge is 0.339 e. The third-order valence-corrected chi connectivity index (χ3v) is 1.66. The monoisotopic (exact) mass is 209 g/mol. The Kier molecular flexibility index (Phi) is 3.41. The summed E-state index contributed by atoms with van der Waals surface area (Å²) in [7, 11) is 0. The number of hydrogen-bond donors (Lipinski definition) is 2. The zero-order valence-electron chi connectivity index (χ0n) is 8.14. The molecule has 0 saturated heterocycles. The van der Waals surface area contributed by atoms with Gasteiger partial charge in [0.15, 0.2) is 0 Å².